The van der Waals surface area contributed by atoms with Crippen LogP contribution in [0.3, 0.4) is 0 Å². The molecule has 0 aliphatic rings. The van der Waals surface area contributed by atoms with Gasteiger partial charge in [-0.1, -0.05) is 11.6 Å². The molecule has 0 saturated heterocycles. The van der Waals surface area contributed by atoms with E-state index < -0.39 is 11.6 Å². The largest absolute Gasteiger partial charge is 0.383 e. The van der Waals surface area contributed by atoms with Crippen molar-refractivity contribution in [1.82, 2.24) is 25.5 Å². The molecule has 1 N–H and O–H groups in total. The van der Waals surface area contributed by atoms with E-state index in [0.717, 1.165) is 16.8 Å². The van der Waals surface area contributed by atoms with Crippen LogP contribution in [0.4, 0.5) is 8.78 Å². The second kappa shape index (κ2) is 6.69. The van der Waals surface area contributed by atoms with Crippen molar-refractivity contribution in [3.8, 4) is 5.69 Å². The lowest BCUT2D eigenvalue weighted by atomic mass is 10.3. The van der Waals surface area contributed by atoms with Gasteiger partial charge in [0.2, 0.25) is 0 Å². The summed E-state index contributed by atoms with van der Waals surface area (Å²) >= 11 is 5.85. The number of nitrogens with zero attached hydrogens (tertiary/aromatic N) is 4. The van der Waals surface area contributed by atoms with Crippen LogP contribution in [-0.4, -0.2) is 40.5 Å². The Morgan fingerprint density at radius 2 is 2.20 bits per heavy atom. The molecule has 0 fully saturated rings. The quantitative estimate of drug-likeness (QED) is 0.816. The Hall–Kier alpha value is -1.64. The molecule has 0 radical (unpaired) electrons. The van der Waals surface area contributed by atoms with Crippen LogP contribution in [0.5, 0.6) is 0 Å². The average Bonchev–Trinajstić information content (AvgIpc) is 2.82. The molecule has 2 rings (SSSR count). The standard InChI is InChI=1S/C11H12ClF2N5O/c1-20-3-2-15-6-10-16-17-18-19(10)11-8(12)4-7(13)5-9(11)14/h4-5,15H,2-3,6H2,1H3. The lowest BCUT2D eigenvalue weighted by Gasteiger charge is -2.08. The zero-order chi connectivity index (χ0) is 14.5. The van der Waals surface area contributed by atoms with Gasteiger partial charge in [-0.15, -0.1) is 5.10 Å². The lowest BCUT2D eigenvalue weighted by Crippen LogP contribution is -2.21. The fourth-order valence-electron chi connectivity index (χ4n) is 1.60. The molecular formula is C11H12ClF2N5O. The zero-order valence-electron chi connectivity index (χ0n) is 10.6. The van der Waals surface area contributed by atoms with Gasteiger partial charge < -0.3 is 10.1 Å². The van der Waals surface area contributed by atoms with E-state index in [1.54, 1.807) is 7.11 Å². The first-order chi connectivity index (χ1) is 9.63. The summed E-state index contributed by atoms with van der Waals surface area (Å²) in [6.07, 6.45) is 0. The van der Waals surface area contributed by atoms with Gasteiger partial charge in [0.05, 0.1) is 18.2 Å². The van der Waals surface area contributed by atoms with E-state index in [1.807, 2.05) is 0 Å². The van der Waals surface area contributed by atoms with Crippen LogP contribution in [0.25, 0.3) is 5.69 Å². The summed E-state index contributed by atoms with van der Waals surface area (Å²) in [4.78, 5) is 0. The molecule has 1 aromatic carbocycles. The van der Waals surface area contributed by atoms with E-state index in [-0.39, 0.29) is 10.7 Å². The molecule has 0 atom stereocenters. The van der Waals surface area contributed by atoms with E-state index in [4.69, 9.17) is 16.3 Å². The molecule has 0 unspecified atom stereocenters. The Kier molecular flexibility index (Phi) is 4.94. The zero-order valence-corrected chi connectivity index (χ0v) is 11.4. The predicted molar refractivity (Wildman–Crippen MR) is 67.7 cm³/mol. The molecule has 9 heteroatoms. The minimum Gasteiger partial charge on any atom is -0.383 e. The Balaban J connectivity index is 2.24. The second-order valence-electron chi connectivity index (χ2n) is 3.89. The summed E-state index contributed by atoms with van der Waals surface area (Å²) in [6.45, 7) is 1.40. The molecule has 2 aromatic rings. The van der Waals surface area contributed by atoms with Crippen LogP contribution in [0.15, 0.2) is 12.1 Å². The maximum absolute atomic E-state index is 13.8. The van der Waals surface area contributed by atoms with Gasteiger partial charge in [0.25, 0.3) is 0 Å². The number of tetrazole rings is 1. The van der Waals surface area contributed by atoms with Crippen LogP contribution >= 0.6 is 11.6 Å². The summed E-state index contributed by atoms with van der Waals surface area (Å²) in [5.41, 5.74) is -0.0818. The third-order valence-corrected chi connectivity index (χ3v) is 2.78. The summed E-state index contributed by atoms with van der Waals surface area (Å²) in [5.74, 6) is -1.24. The molecule has 6 nitrogen and oxygen atoms in total. The maximum Gasteiger partial charge on any atom is 0.170 e. The summed E-state index contributed by atoms with van der Waals surface area (Å²) < 4.78 is 32.9. The summed E-state index contributed by atoms with van der Waals surface area (Å²) in [6, 6.07) is 1.73. The Bertz CT molecular complexity index is 569. The Morgan fingerprint density at radius 3 is 2.90 bits per heavy atom. The van der Waals surface area contributed by atoms with Gasteiger partial charge in [0.1, 0.15) is 11.5 Å². The number of nitrogens with one attached hydrogen (secondary N) is 1. The molecule has 0 bridgehead atoms. The Morgan fingerprint density at radius 1 is 1.40 bits per heavy atom. The third kappa shape index (κ3) is 3.27. The number of benzene rings is 1. The first-order valence-corrected chi connectivity index (χ1v) is 6.13. The molecule has 0 spiro atoms. The van der Waals surface area contributed by atoms with Crippen LogP contribution < -0.4 is 5.32 Å². The van der Waals surface area contributed by atoms with Crippen molar-refractivity contribution in [2.24, 2.45) is 0 Å². The molecule has 108 valence electrons. The summed E-state index contributed by atoms with van der Waals surface area (Å²) in [7, 11) is 1.58. The molecule has 20 heavy (non-hydrogen) atoms. The topological polar surface area (TPSA) is 64.9 Å². The highest BCUT2D eigenvalue weighted by Gasteiger charge is 2.17. The van der Waals surface area contributed by atoms with Gasteiger partial charge in [0.15, 0.2) is 11.6 Å². The highest BCUT2D eigenvalue weighted by Crippen LogP contribution is 2.24. The minimum atomic E-state index is -0.833. The fraction of sp³-hybridized carbons (Fsp3) is 0.364. The number of hydrogen-bond acceptors (Lipinski definition) is 5. The van der Waals surface area contributed by atoms with Gasteiger partial charge in [0, 0.05) is 19.7 Å². The molecule has 0 saturated carbocycles. The smallest absolute Gasteiger partial charge is 0.170 e. The molecule has 0 amide bonds. The van der Waals surface area contributed by atoms with E-state index >= 15 is 0 Å². The minimum absolute atomic E-state index is 0.0818. The highest BCUT2D eigenvalue weighted by atomic mass is 35.5. The van der Waals surface area contributed by atoms with Crippen molar-refractivity contribution in [2.75, 3.05) is 20.3 Å². The van der Waals surface area contributed by atoms with Crippen molar-refractivity contribution in [2.45, 2.75) is 6.54 Å². The first kappa shape index (κ1) is 14.8. The normalized spacial score (nSPS) is 11.0. The Labute approximate surface area is 118 Å². The number of hydrogen-bond donors (Lipinski definition) is 1. The number of ether oxygens (including phenoxy) is 1. The van der Waals surface area contributed by atoms with Crippen molar-refractivity contribution < 1.29 is 13.5 Å². The van der Waals surface area contributed by atoms with Gasteiger partial charge >= 0.3 is 0 Å². The van der Waals surface area contributed by atoms with Gasteiger partial charge in [-0.25, -0.2) is 8.78 Å². The van der Waals surface area contributed by atoms with Gasteiger partial charge in [-0.2, -0.15) is 4.68 Å². The van der Waals surface area contributed by atoms with Crippen molar-refractivity contribution >= 4 is 11.6 Å². The van der Waals surface area contributed by atoms with E-state index in [0.29, 0.717) is 25.5 Å². The van der Waals surface area contributed by atoms with Crippen molar-refractivity contribution in [3.05, 3.63) is 34.6 Å². The highest BCUT2D eigenvalue weighted by molar-refractivity contribution is 6.32. The van der Waals surface area contributed by atoms with E-state index in [1.165, 1.54) is 0 Å². The number of rotatable bonds is 6. The maximum atomic E-state index is 13.8. The first-order valence-electron chi connectivity index (χ1n) is 5.75. The monoisotopic (exact) mass is 303 g/mol. The molecule has 0 aliphatic carbocycles. The lowest BCUT2D eigenvalue weighted by molar-refractivity contribution is 0.199. The second-order valence-corrected chi connectivity index (χ2v) is 4.30. The molecule has 1 aromatic heterocycles. The number of halogens is 3. The predicted octanol–water partition coefficient (Wildman–Crippen LogP) is 1.33. The van der Waals surface area contributed by atoms with Gasteiger partial charge in [-0.3, -0.25) is 0 Å². The van der Waals surface area contributed by atoms with Gasteiger partial charge in [-0.05, 0) is 16.5 Å². The van der Waals surface area contributed by atoms with Crippen LogP contribution in [0, 0.1) is 11.6 Å². The number of aromatic nitrogens is 4. The molecule has 0 aliphatic heterocycles. The summed E-state index contributed by atoms with van der Waals surface area (Å²) in [5, 5.41) is 13.8. The van der Waals surface area contributed by atoms with Crippen molar-refractivity contribution in [3.63, 3.8) is 0 Å². The fourth-order valence-corrected chi connectivity index (χ4v) is 1.88. The van der Waals surface area contributed by atoms with Crippen LogP contribution in [0.2, 0.25) is 5.02 Å². The van der Waals surface area contributed by atoms with Crippen molar-refractivity contribution in [1.29, 1.82) is 0 Å². The number of methoxy groups -OCH3 is 1. The molecular weight excluding hydrogens is 292 g/mol. The van der Waals surface area contributed by atoms with Crippen LogP contribution in [-0.2, 0) is 11.3 Å². The van der Waals surface area contributed by atoms with E-state index in [2.05, 4.69) is 20.8 Å². The third-order valence-electron chi connectivity index (χ3n) is 2.49. The van der Waals surface area contributed by atoms with Crippen LogP contribution in [0.1, 0.15) is 5.82 Å². The molecule has 1 heterocycles. The van der Waals surface area contributed by atoms with E-state index in [9.17, 15) is 8.78 Å². The SMILES string of the molecule is COCCNCc1nnnn1-c1c(F)cc(F)cc1Cl. The average molecular weight is 304 g/mol.